The van der Waals surface area contributed by atoms with E-state index in [0.717, 1.165) is 32.2 Å². The molecule has 16 heavy (non-hydrogen) atoms. The smallest absolute Gasteiger partial charge is 0.134 e. The summed E-state index contributed by atoms with van der Waals surface area (Å²) in [6.45, 7) is 0.943. The monoisotopic (exact) mass is 217 g/mol. The van der Waals surface area contributed by atoms with Crippen LogP contribution in [0.3, 0.4) is 0 Å². The second-order valence-corrected chi connectivity index (χ2v) is 4.69. The highest BCUT2D eigenvalue weighted by Crippen LogP contribution is 2.20. The second-order valence-electron chi connectivity index (χ2n) is 4.69. The first-order chi connectivity index (χ1) is 7.75. The van der Waals surface area contributed by atoms with Gasteiger partial charge in [0.25, 0.3) is 0 Å². The summed E-state index contributed by atoms with van der Waals surface area (Å²) >= 11 is 0. The lowest BCUT2D eigenvalue weighted by atomic mass is 9.93. The summed E-state index contributed by atoms with van der Waals surface area (Å²) in [6.07, 6.45) is 3.75. The van der Waals surface area contributed by atoms with E-state index in [-0.39, 0.29) is 0 Å². The van der Waals surface area contributed by atoms with Gasteiger partial charge in [-0.25, -0.2) is 0 Å². The average Bonchev–Trinajstić information content (AvgIpc) is 2.30. The van der Waals surface area contributed by atoms with E-state index in [1.54, 1.807) is 0 Å². The first-order valence-corrected chi connectivity index (χ1v) is 6.01. The molecule has 1 fully saturated rings. The van der Waals surface area contributed by atoms with E-state index in [1.165, 1.54) is 5.56 Å². The molecule has 1 aliphatic rings. The van der Waals surface area contributed by atoms with Crippen LogP contribution < -0.4 is 0 Å². The summed E-state index contributed by atoms with van der Waals surface area (Å²) in [5.74, 6) is 0.427. The third kappa shape index (κ3) is 2.92. The molecule has 2 rings (SSSR count). The van der Waals surface area contributed by atoms with Crippen LogP contribution in [0.4, 0.5) is 0 Å². The predicted octanol–water partition coefficient (Wildman–Crippen LogP) is 2.63. The Balaban J connectivity index is 1.92. The summed E-state index contributed by atoms with van der Waals surface area (Å²) < 4.78 is 0. The quantitative estimate of drug-likeness (QED) is 0.775. The number of hydrogen-bond acceptors (Lipinski definition) is 2. The number of nitrogens with zero attached hydrogens (tertiary/aromatic N) is 1. The number of rotatable bonds is 3. The summed E-state index contributed by atoms with van der Waals surface area (Å²) in [6, 6.07) is 10.9. The molecule has 0 N–H and O–H groups in total. The van der Waals surface area contributed by atoms with Crippen molar-refractivity contribution < 1.29 is 4.79 Å². The molecule has 2 heteroatoms. The Bertz CT molecular complexity index is 347. The average molecular weight is 217 g/mol. The van der Waals surface area contributed by atoms with Gasteiger partial charge in [0, 0.05) is 25.4 Å². The van der Waals surface area contributed by atoms with Crippen molar-refractivity contribution in [1.29, 1.82) is 0 Å². The molecule has 0 saturated heterocycles. The molecule has 0 heterocycles. The van der Waals surface area contributed by atoms with Gasteiger partial charge in [0.15, 0.2) is 0 Å². The molecule has 1 saturated carbocycles. The molecule has 2 nitrogen and oxygen atoms in total. The fourth-order valence-corrected chi connectivity index (χ4v) is 2.38. The fourth-order valence-electron chi connectivity index (χ4n) is 2.38. The van der Waals surface area contributed by atoms with Crippen LogP contribution in [-0.4, -0.2) is 23.8 Å². The zero-order chi connectivity index (χ0) is 11.4. The van der Waals surface area contributed by atoms with Crippen molar-refractivity contribution in [3.63, 3.8) is 0 Å². The number of carbonyl (C=O) groups excluding carboxylic acids is 1. The van der Waals surface area contributed by atoms with Gasteiger partial charge in [0.05, 0.1) is 0 Å². The van der Waals surface area contributed by atoms with Crippen molar-refractivity contribution in [2.24, 2.45) is 0 Å². The minimum atomic E-state index is 0.427. The molecule has 1 aliphatic carbocycles. The number of Topliss-reactive ketones (excluding diaryl/α,β-unsaturated/α-hetero) is 1. The standard InChI is InChI=1S/C14H19NO/c1-15(11-12-6-3-2-4-7-12)13-8-5-9-14(16)10-13/h2-4,6-7,13H,5,8-11H2,1H3. The van der Waals surface area contributed by atoms with Crippen LogP contribution in [0.15, 0.2) is 30.3 Å². The van der Waals surface area contributed by atoms with Crippen LogP contribution in [0.2, 0.25) is 0 Å². The lowest BCUT2D eigenvalue weighted by Gasteiger charge is -2.30. The van der Waals surface area contributed by atoms with Crippen molar-refractivity contribution in [2.75, 3.05) is 7.05 Å². The lowest BCUT2D eigenvalue weighted by molar-refractivity contribution is -0.121. The molecule has 0 aromatic heterocycles. The van der Waals surface area contributed by atoms with Gasteiger partial charge in [-0.15, -0.1) is 0 Å². The maximum Gasteiger partial charge on any atom is 0.134 e. The lowest BCUT2D eigenvalue weighted by Crippen LogP contribution is -2.35. The number of benzene rings is 1. The van der Waals surface area contributed by atoms with Crippen LogP contribution in [0.1, 0.15) is 31.2 Å². The first kappa shape index (κ1) is 11.3. The van der Waals surface area contributed by atoms with Crippen LogP contribution in [0.5, 0.6) is 0 Å². The molecule has 1 unspecified atom stereocenters. The van der Waals surface area contributed by atoms with Gasteiger partial charge in [-0.1, -0.05) is 30.3 Å². The summed E-state index contributed by atoms with van der Waals surface area (Å²) in [5.41, 5.74) is 1.32. The molecule has 0 spiro atoms. The van der Waals surface area contributed by atoms with E-state index in [9.17, 15) is 4.79 Å². The van der Waals surface area contributed by atoms with Crippen LogP contribution in [0.25, 0.3) is 0 Å². The Labute approximate surface area is 97.3 Å². The van der Waals surface area contributed by atoms with E-state index >= 15 is 0 Å². The van der Waals surface area contributed by atoms with Gasteiger partial charge in [-0.05, 0) is 25.5 Å². The summed E-state index contributed by atoms with van der Waals surface area (Å²) in [5, 5.41) is 0. The first-order valence-electron chi connectivity index (χ1n) is 6.01. The minimum absolute atomic E-state index is 0.427. The van der Waals surface area contributed by atoms with E-state index in [4.69, 9.17) is 0 Å². The molecule has 0 bridgehead atoms. The highest BCUT2D eigenvalue weighted by atomic mass is 16.1. The molecule has 86 valence electrons. The zero-order valence-corrected chi connectivity index (χ0v) is 9.86. The van der Waals surface area contributed by atoms with Crippen molar-refractivity contribution in [2.45, 2.75) is 38.3 Å². The maximum atomic E-state index is 11.4. The Morgan fingerprint density at radius 1 is 1.31 bits per heavy atom. The maximum absolute atomic E-state index is 11.4. The third-order valence-corrected chi connectivity index (χ3v) is 3.35. The van der Waals surface area contributed by atoms with E-state index in [2.05, 4.69) is 36.2 Å². The van der Waals surface area contributed by atoms with Crippen LogP contribution in [0, 0.1) is 0 Å². The molecular weight excluding hydrogens is 198 g/mol. The summed E-state index contributed by atoms with van der Waals surface area (Å²) in [4.78, 5) is 13.7. The highest BCUT2D eigenvalue weighted by molar-refractivity contribution is 5.79. The molecule has 0 amide bonds. The molecule has 1 aromatic carbocycles. The normalized spacial score (nSPS) is 21.4. The van der Waals surface area contributed by atoms with Crippen LogP contribution >= 0.6 is 0 Å². The number of ketones is 1. The highest BCUT2D eigenvalue weighted by Gasteiger charge is 2.22. The van der Waals surface area contributed by atoms with Gasteiger partial charge < -0.3 is 0 Å². The molecule has 1 aromatic rings. The number of carbonyl (C=O) groups is 1. The molecule has 1 atom stereocenters. The Morgan fingerprint density at radius 3 is 2.75 bits per heavy atom. The van der Waals surface area contributed by atoms with Crippen molar-refractivity contribution >= 4 is 5.78 Å². The SMILES string of the molecule is CN(Cc1ccccc1)C1CCCC(=O)C1. The minimum Gasteiger partial charge on any atom is -0.300 e. The Morgan fingerprint density at radius 2 is 2.06 bits per heavy atom. The van der Waals surface area contributed by atoms with E-state index in [1.807, 2.05) is 6.07 Å². The largest absolute Gasteiger partial charge is 0.300 e. The Kier molecular flexibility index (Phi) is 3.73. The fraction of sp³-hybridized carbons (Fsp3) is 0.500. The summed E-state index contributed by atoms with van der Waals surface area (Å²) in [7, 11) is 2.12. The molecular formula is C14H19NO. The van der Waals surface area contributed by atoms with Gasteiger partial charge in [0.2, 0.25) is 0 Å². The number of hydrogen-bond donors (Lipinski definition) is 0. The molecule has 0 aliphatic heterocycles. The second kappa shape index (κ2) is 5.26. The van der Waals surface area contributed by atoms with Gasteiger partial charge in [0.1, 0.15) is 5.78 Å². The van der Waals surface area contributed by atoms with Gasteiger partial charge in [-0.2, -0.15) is 0 Å². The van der Waals surface area contributed by atoms with Crippen LogP contribution in [-0.2, 0) is 11.3 Å². The van der Waals surface area contributed by atoms with Crippen molar-refractivity contribution in [3.05, 3.63) is 35.9 Å². The zero-order valence-electron chi connectivity index (χ0n) is 9.86. The third-order valence-electron chi connectivity index (χ3n) is 3.35. The van der Waals surface area contributed by atoms with Crippen molar-refractivity contribution in [3.8, 4) is 0 Å². The molecule has 0 radical (unpaired) electrons. The van der Waals surface area contributed by atoms with E-state index in [0.29, 0.717) is 11.8 Å². The predicted molar refractivity (Wildman–Crippen MR) is 65.2 cm³/mol. The Hall–Kier alpha value is -1.15. The van der Waals surface area contributed by atoms with Gasteiger partial charge >= 0.3 is 0 Å². The topological polar surface area (TPSA) is 20.3 Å². The van der Waals surface area contributed by atoms with Crippen molar-refractivity contribution in [1.82, 2.24) is 4.90 Å². The van der Waals surface area contributed by atoms with Gasteiger partial charge in [-0.3, -0.25) is 9.69 Å². The van der Waals surface area contributed by atoms with E-state index < -0.39 is 0 Å².